The van der Waals surface area contributed by atoms with Crippen molar-refractivity contribution in [1.29, 1.82) is 0 Å². The van der Waals surface area contributed by atoms with Crippen molar-refractivity contribution < 1.29 is 0 Å². The van der Waals surface area contributed by atoms with Gasteiger partial charge in [0.1, 0.15) is 0 Å². The maximum Gasteiger partial charge on any atom is 0.0267 e. The molecule has 0 bridgehead atoms. The summed E-state index contributed by atoms with van der Waals surface area (Å²) in [5.74, 6) is 0. The van der Waals surface area contributed by atoms with Crippen LogP contribution in [0.15, 0.2) is 303 Å². The molecule has 0 atom stereocenters. The highest BCUT2D eigenvalue weighted by molar-refractivity contribution is 5.89. The van der Waals surface area contributed by atoms with Crippen LogP contribution >= 0.6 is 0 Å². The van der Waals surface area contributed by atoms with E-state index in [9.17, 15) is 0 Å². The molecule has 0 aromatic heterocycles. The predicted octanol–water partition coefficient (Wildman–Crippen LogP) is 19.9. The van der Waals surface area contributed by atoms with Gasteiger partial charge in [-0.25, -0.2) is 0 Å². The lowest BCUT2D eigenvalue weighted by atomic mass is 9.50. The Labute approximate surface area is 488 Å². The Bertz CT molecular complexity index is 4060. The van der Waals surface area contributed by atoms with Crippen LogP contribution in [0.2, 0.25) is 0 Å². The topological polar surface area (TPSA) is 0 Å². The van der Waals surface area contributed by atoms with E-state index < -0.39 is 27.1 Å². The Morgan fingerprint density at radius 2 is 0.289 bits per heavy atom. The molecular weight excluding hydrogens is 997 g/mol. The van der Waals surface area contributed by atoms with Crippen LogP contribution in [0.1, 0.15) is 92.4 Å². The Balaban J connectivity index is 0.989. The minimum atomic E-state index is -0.542. The lowest BCUT2D eigenvalue weighted by Gasteiger charge is -2.51. The molecule has 0 spiro atoms. The molecule has 5 aliphatic carbocycles. The average Bonchev–Trinajstić information content (AvgIpc) is 3.62. The van der Waals surface area contributed by atoms with E-state index in [0.717, 1.165) is 38.5 Å². The zero-order valence-corrected chi connectivity index (χ0v) is 46.6. The maximum absolute atomic E-state index is 2.55. The van der Waals surface area contributed by atoms with Gasteiger partial charge in [0.2, 0.25) is 0 Å². The summed E-state index contributed by atoms with van der Waals surface area (Å²) in [5.41, 5.74) is 28.3. The molecule has 0 unspecified atom stereocenters. The summed E-state index contributed by atoms with van der Waals surface area (Å²) in [6, 6.07) is 118. The second-order valence-electron chi connectivity index (χ2n) is 24.9. The van der Waals surface area contributed by atoms with Crippen LogP contribution in [0.4, 0.5) is 0 Å². The maximum atomic E-state index is 2.55. The highest BCUT2D eigenvalue weighted by atomic mass is 14.6. The summed E-state index contributed by atoms with van der Waals surface area (Å²) in [6.45, 7) is 0. The summed E-state index contributed by atoms with van der Waals surface area (Å²) >= 11 is 0. The largest absolute Gasteiger partial charge is 0.0622 e. The van der Waals surface area contributed by atoms with Crippen molar-refractivity contribution in [2.75, 3.05) is 0 Å². The average molecular weight is 1060 g/mol. The summed E-state index contributed by atoms with van der Waals surface area (Å²) in [7, 11) is 0. The first kappa shape index (κ1) is 48.4. The van der Waals surface area contributed by atoms with Gasteiger partial charge >= 0.3 is 0 Å². The van der Waals surface area contributed by atoms with Crippen molar-refractivity contribution >= 4 is 0 Å². The van der Waals surface area contributed by atoms with Gasteiger partial charge in [0.25, 0.3) is 0 Å². The fraction of sp³-hybridized carbons (Fsp3) is 0.133. The van der Waals surface area contributed by atoms with Crippen molar-refractivity contribution in [2.45, 2.75) is 65.6 Å². The van der Waals surface area contributed by atoms with Crippen LogP contribution in [-0.2, 0) is 39.9 Å². The molecule has 0 fully saturated rings. The van der Waals surface area contributed by atoms with E-state index in [4.69, 9.17) is 0 Å². The van der Waals surface area contributed by atoms with Crippen LogP contribution in [0, 0.1) is 0 Å². The first-order valence-electron chi connectivity index (χ1n) is 30.1. The molecule has 0 heteroatoms. The Morgan fingerprint density at radius 1 is 0.145 bits per heavy atom. The summed E-state index contributed by atoms with van der Waals surface area (Å²) in [6.07, 6.45) is 5.21. The first-order chi connectivity index (χ1) is 41.0. The molecule has 5 aliphatic rings. The van der Waals surface area contributed by atoms with E-state index in [0.29, 0.717) is 0 Å². The minimum absolute atomic E-state index is 0.404. The first-order valence-corrected chi connectivity index (χ1v) is 30.1. The van der Waals surface area contributed by atoms with Crippen molar-refractivity contribution in [3.63, 3.8) is 0 Å². The van der Waals surface area contributed by atoms with Crippen molar-refractivity contribution in [2.24, 2.45) is 0 Å². The Morgan fingerprint density at radius 3 is 0.482 bits per heavy atom. The smallest absolute Gasteiger partial charge is 0.0267 e. The molecule has 0 N–H and O–H groups in total. The zero-order chi connectivity index (χ0) is 54.8. The third-order valence-electron chi connectivity index (χ3n) is 21.0. The van der Waals surface area contributed by atoms with E-state index in [1.165, 1.54) is 122 Å². The van der Waals surface area contributed by atoms with E-state index in [-0.39, 0.29) is 0 Å². The SMILES string of the molecule is c1ccc(CC2(CC3(CC4(CC5(CC6(Cc7ccccc7)c7ccccc7-c7ccccc76)c6ccccc6-c6ccccc65)c5ccccc5-c5ccccc54)c4ccccc4-c4ccccc43)c3ccccc3-c3ccccc32)cc1. The van der Waals surface area contributed by atoms with Gasteiger partial charge < -0.3 is 0 Å². The van der Waals surface area contributed by atoms with Gasteiger partial charge in [-0.15, -0.1) is 0 Å². The second-order valence-corrected chi connectivity index (χ2v) is 24.9. The number of hydrogen-bond donors (Lipinski definition) is 0. The predicted molar refractivity (Wildman–Crippen MR) is 342 cm³/mol. The molecule has 394 valence electrons. The molecule has 0 radical (unpaired) electrons. The molecule has 0 saturated heterocycles. The molecule has 12 aromatic rings. The molecule has 0 aliphatic heterocycles. The van der Waals surface area contributed by atoms with E-state index in [2.05, 4.69) is 303 Å². The number of fused-ring (bicyclic) bond motifs is 15. The van der Waals surface area contributed by atoms with Crippen LogP contribution in [-0.4, -0.2) is 0 Å². The molecule has 0 nitrogen and oxygen atoms in total. The van der Waals surface area contributed by atoms with E-state index in [1.54, 1.807) is 0 Å². The van der Waals surface area contributed by atoms with Gasteiger partial charge in [-0.1, -0.05) is 303 Å². The van der Waals surface area contributed by atoms with Gasteiger partial charge in [0.05, 0.1) is 0 Å². The standard InChI is InChI=1S/C83H62/c1-3-27-57(28-4-1)51-79(69-41-17-7-31-59(69)60-32-8-18-42-70(60)79)53-81(73-45-21-11-35-63(73)64-36-12-22-46-74(64)81)55-83(77-49-25-15-39-67(77)68-40-16-26-50-78(68)83)56-82(75-47-23-13-37-65(75)66-38-14-24-48-76(66)82)54-80(52-58-29-5-2-6-30-58)71-43-19-9-33-61(71)62-34-10-20-44-72(62)80/h1-50H,51-56H2. The van der Waals surface area contributed by atoms with E-state index >= 15 is 0 Å². The zero-order valence-electron chi connectivity index (χ0n) is 46.6. The van der Waals surface area contributed by atoms with Gasteiger partial charge in [0, 0.05) is 27.1 Å². The molecular formula is C83H62. The highest BCUT2D eigenvalue weighted by Gasteiger charge is 2.62. The fourth-order valence-electron chi connectivity index (χ4n) is 18.2. The highest BCUT2D eigenvalue weighted by Crippen LogP contribution is 2.70. The molecule has 83 heavy (non-hydrogen) atoms. The number of benzene rings is 12. The molecule has 12 aromatic carbocycles. The third-order valence-corrected chi connectivity index (χ3v) is 21.0. The van der Waals surface area contributed by atoms with Gasteiger partial charge in [-0.05, 0) is 161 Å². The van der Waals surface area contributed by atoms with E-state index in [1.807, 2.05) is 0 Å². The van der Waals surface area contributed by atoms with Crippen LogP contribution in [0.5, 0.6) is 0 Å². The molecule has 0 amide bonds. The monoisotopic (exact) mass is 1060 g/mol. The molecule has 0 heterocycles. The van der Waals surface area contributed by atoms with Crippen LogP contribution in [0.3, 0.4) is 0 Å². The number of rotatable bonds is 12. The normalized spacial score (nSPS) is 16.2. The van der Waals surface area contributed by atoms with Crippen molar-refractivity contribution in [3.05, 3.63) is 370 Å². The van der Waals surface area contributed by atoms with Crippen molar-refractivity contribution in [3.8, 4) is 55.6 Å². The Hall–Kier alpha value is -9.36. The lowest BCUT2D eigenvalue weighted by molar-refractivity contribution is 0.231. The molecule has 0 saturated carbocycles. The Kier molecular flexibility index (Phi) is 10.7. The lowest BCUT2D eigenvalue weighted by Crippen LogP contribution is -2.48. The quantitative estimate of drug-likeness (QED) is 0.114. The summed E-state index contributed by atoms with van der Waals surface area (Å²) < 4.78 is 0. The number of hydrogen-bond acceptors (Lipinski definition) is 0. The van der Waals surface area contributed by atoms with Crippen LogP contribution in [0.25, 0.3) is 55.6 Å². The minimum Gasteiger partial charge on any atom is -0.0622 e. The fourth-order valence-corrected chi connectivity index (χ4v) is 18.2. The summed E-state index contributed by atoms with van der Waals surface area (Å²) in [4.78, 5) is 0. The third kappa shape index (κ3) is 6.81. The summed E-state index contributed by atoms with van der Waals surface area (Å²) in [5, 5.41) is 0. The molecule has 17 rings (SSSR count). The van der Waals surface area contributed by atoms with Gasteiger partial charge in [-0.3, -0.25) is 0 Å². The van der Waals surface area contributed by atoms with Gasteiger partial charge in [-0.2, -0.15) is 0 Å². The van der Waals surface area contributed by atoms with Gasteiger partial charge in [0.15, 0.2) is 0 Å². The second kappa shape index (κ2) is 18.3. The van der Waals surface area contributed by atoms with Crippen molar-refractivity contribution in [1.82, 2.24) is 0 Å². The van der Waals surface area contributed by atoms with Crippen LogP contribution < -0.4 is 0 Å².